The maximum atomic E-state index is 12.1. The highest BCUT2D eigenvalue weighted by atomic mass is 16.2. The van der Waals surface area contributed by atoms with Crippen LogP contribution in [0.2, 0.25) is 0 Å². The van der Waals surface area contributed by atoms with Crippen molar-refractivity contribution >= 4 is 17.5 Å². The average molecular weight is 259 g/mol. The van der Waals surface area contributed by atoms with E-state index in [4.69, 9.17) is 0 Å². The van der Waals surface area contributed by atoms with Gasteiger partial charge >= 0.3 is 0 Å². The van der Waals surface area contributed by atoms with Crippen LogP contribution in [0.25, 0.3) is 5.65 Å². The van der Waals surface area contributed by atoms with Gasteiger partial charge in [0.25, 0.3) is 0 Å². The van der Waals surface area contributed by atoms with E-state index in [1.165, 1.54) is 0 Å². The van der Waals surface area contributed by atoms with Gasteiger partial charge in [-0.1, -0.05) is 0 Å². The first-order valence-corrected chi connectivity index (χ1v) is 6.57. The molecule has 1 amide bonds. The van der Waals surface area contributed by atoms with Crippen LogP contribution in [0.5, 0.6) is 0 Å². The number of nitrogens with zero attached hydrogens (tertiary/aromatic N) is 3. The molecule has 0 unspecified atom stereocenters. The molecule has 6 nitrogen and oxygen atoms in total. The van der Waals surface area contributed by atoms with Gasteiger partial charge in [0, 0.05) is 12.1 Å². The van der Waals surface area contributed by atoms with E-state index < -0.39 is 0 Å². The van der Waals surface area contributed by atoms with Crippen LogP contribution < -0.4 is 10.6 Å². The topological polar surface area (TPSA) is 71.3 Å². The third-order valence-corrected chi connectivity index (χ3v) is 3.44. The third-order valence-electron chi connectivity index (χ3n) is 3.44. The number of amides is 1. The molecule has 19 heavy (non-hydrogen) atoms. The summed E-state index contributed by atoms with van der Waals surface area (Å²) in [6.07, 6.45) is 3.59. The Labute approximate surface area is 111 Å². The van der Waals surface area contributed by atoms with Gasteiger partial charge in [0.1, 0.15) is 0 Å². The summed E-state index contributed by atoms with van der Waals surface area (Å²) in [5, 5.41) is 10.3. The second-order valence-corrected chi connectivity index (χ2v) is 4.96. The van der Waals surface area contributed by atoms with Crippen molar-refractivity contribution in [2.24, 2.45) is 5.92 Å². The molecule has 0 saturated carbocycles. The molecule has 3 heterocycles. The van der Waals surface area contributed by atoms with E-state index >= 15 is 0 Å². The Hall–Kier alpha value is -1.95. The van der Waals surface area contributed by atoms with Gasteiger partial charge in [-0.15, -0.1) is 5.10 Å². The van der Waals surface area contributed by atoms with Gasteiger partial charge in [-0.3, -0.25) is 10.1 Å². The number of carbonyl (C=O) groups is 1. The Kier molecular flexibility index (Phi) is 3.16. The molecule has 1 fully saturated rings. The fourth-order valence-corrected chi connectivity index (χ4v) is 2.33. The molecule has 1 aliphatic heterocycles. The van der Waals surface area contributed by atoms with Crippen molar-refractivity contribution in [3.05, 3.63) is 23.9 Å². The molecule has 6 heteroatoms. The third kappa shape index (κ3) is 2.58. The number of nitrogens with one attached hydrogen (secondary N) is 2. The highest BCUT2D eigenvalue weighted by molar-refractivity contribution is 5.91. The summed E-state index contributed by atoms with van der Waals surface area (Å²) < 4.78 is 1.67. The van der Waals surface area contributed by atoms with Crippen molar-refractivity contribution in [2.45, 2.75) is 19.8 Å². The summed E-state index contributed by atoms with van der Waals surface area (Å²) in [5.41, 5.74) is 1.87. The largest absolute Gasteiger partial charge is 0.317 e. The van der Waals surface area contributed by atoms with E-state index in [2.05, 4.69) is 20.7 Å². The Bertz CT molecular complexity index is 600. The van der Waals surface area contributed by atoms with Crippen LogP contribution in [0.1, 0.15) is 18.4 Å². The summed E-state index contributed by atoms with van der Waals surface area (Å²) in [6, 6.07) is 3.90. The number of aromatic nitrogens is 3. The van der Waals surface area contributed by atoms with Gasteiger partial charge in [-0.2, -0.15) is 4.98 Å². The zero-order valence-corrected chi connectivity index (χ0v) is 10.9. The lowest BCUT2D eigenvalue weighted by atomic mass is 9.97. The minimum atomic E-state index is 0.0223. The van der Waals surface area contributed by atoms with Crippen LogP contribution in [0, 0.1) is 12.8 Å². The van der Waals surface area contributed by atoms with Gasteiger partial charge < -0.3 is 5.32 Å². The van der Waals surface area contributed by atoms with Crippen molar-refractivity contribution in [3.63, 3.8) is 0 Å². The van der Waals surface area contributed by atoms with E-state index in [-0.39, 0.29) is 11.8 Å². The molecular formula is C13H17N5O. The molecule has 0 spiro atoms. The molecule has 0 radical (unpaired) electrons. The molecule has 0 aromatic carbocycles. The summed E-state index contributed by atoms with van der Waals surface area (Å²) in [7, 11) is 0. The van der Waals surface area contributed by atoms with E-state index in [9.17, 15) is 4.79 Å². The van der Waals surface area contributed by atoms with Crippen molar-refractivity contribution in [1.82, 2.24) is 19.9 Å². The molecule has 1 aliphatic rings. The highest BCUT2D eigenvalue weighted by Gasteiger charge is 2.21. The molecule has 1 saturated heterocycles. The monoisotopic (exact) mass is 259 g/mol. The summed E-state index contributed by atoms with van der Waals surface area (Å²) in [5.74, 6) is 0.470. The van der Waals surface area contributed by atoms with Crippen molar-refractivity contribution in [3.8, 4) is 0 Å². The lowest BCUT2D eigenvalue weighted by Gasteiger charge is -2.20. The van der Waals surface area contributed by atoms with E-state index in [1.807, 2.05) is 25.3 Å². The Balaban J connectivity index is 1.75. The number of piperidine rings is 1. The van der Waals surface area contributed by atoms with Crippen LogP contribution >= 0.6 is 0 Å². The summed E-state index contributed by atoms with van der Waals surface area (Å²) in [6.45, 7) is 3.80. The number of hydrogen-bond donors (Lipinski definition) is 2. The zero-order valence-electron chi connectivity index (χ0n) is 10.9. The quantitative estimate of drug-likeness (QED) is 0.843. The van der Waals surface area contributed by atoms with Gasteiger partial charge in [-0.05, 0) is 50.6 Å². The highest BCUT2D eigenvalue weighted by Crippen LogP contribution is 2.14. The van der Waals surface area contributed by atoms with Gasteiger partial charge in [0.2, 0.25) is 11.9 Å². The van der Waals surface area contributed by atoms with Crippen LogP contribution in [-0.2, 0) is 4.79 Å². The molecule has 100 valence electrons. The van der Waals surface area contributed by atoms with Crippen molar-refractivity contribution in [1.29, 1.82) is 0 Å². The first-order valence-electron chi connectivity index (χ1n) is 6.57. The lowest BCUT2D eigenvalue weighted by Crippen LogP contribution is -2.34. The predicted molar refractivity (Wildman–Crippen MR) is 71.9 cm³/mol. The van der Waals surface area contributed by atoms with Crippen molar-refractivity contribution in [2.75, 3.05) is 18.4 Å². The van der Waals surface area contributed by atoms with Gasteiger partial charge in [-0.25, -0.2) is 4.52 Å². The van der Waals surface area contributed by atoms with E-state index in [0.717, 1.165) is 37.1 Å². The molecule has 0 bridgehead atoms. The molecule has 3 rings (SSSR count). The number of fused-ring (bicyclic) bond motifs is 1. The molecular weight excluding hydrogens is 242 g/mol. The zero-order chi connectivity index (χ0) is 13.2. The van der Waals surface area contributed by atoms with Crippen LogP contribution in [0.15, 0.2) is 18.3 Å². The molecule has 2 N–H and O–H groups in total. The normalized spacial score (nSPS) is 16.7. The predicted octanol–water partition coefficient (Wildman–Crippen LogP) is 0.976. The smallest absolute Gasteiger partial charge is 0.249 e. The Morgan fingerprint density at radius 1 is 1.47 bits per heavy atom. The lowest BCUT2D eigenvalue weighted by molar-refractivity contribution is -0.120. The number of anilines is 1. The maximum absolute atomic E-state index is 12.1. The number of rotatable bonds is 2. The minimum absolute atomic E-state index is 0.0223. The molecule has 2 aromatic rings. The molecule has 0 atom stereocenters. The number of hydrogen-bond acceptors (Lipinski definition) is 4. The number of aryl methyl sites for hydroxylation is 1. The van der Waals surface area contributed by atoms with Gasteiger partial charge in [0.05, 0.1) is 0 Å². The van der Waals surface area contributed by atoms with E-state index in [1.54, 1.807) is 4.52 Å². The van der Waals surface area contributed by atoms with Crippen LogP contribution in [-0.4, -0.2) is 33.6 Å². The SMILES string of the molecule is Cc1ccn2nc(NC(=O)C3CCNCC3)nc2c1. The maximum Gasteiger partial charge on any atom is 0.249 e. The Morgan fingerprint density at radius 2 is 2.26 bits per heavy atom. The minimum Gasteiger partial charge on any atom is -0.317 e. The molecule has 0 aliphatic carbocycles. The number of pyridine rings is 1. The summed E-state index contributed by atoms with van der Waals surface area (Å²) >= 11 is 0. The summed E-state index contributed by atoms with van der Waals surface area (Å²) in [4.78, 5) is 16.4. The van der Waals surface area contributed by atoms with Crippen LogP contribution in [0.3, 0.4) is 0 Å². The Morgan fingerprint density at radius 3 is 3.05 bits per heavy atom. The van der Waals surface area contributed by atoms with E-state index in [0.29, 0.717) is 5.95 Å². The average Bonchev–Trinajstić information content (AvgIpc) is 2.81. The second-order valence-electron chi connectivity index (χ2n) is 4.96. The first kappa shape index (κ1) is 12.1. The van der Waals surface area contributed by atoms with Crippen LogP contribution in [0.4, 0.5) is 5.95 Å². The van der Waals surface area contributed by atoms with Crippen molar-refractivity contribution < 1.29 is 4.79 Å². The van der Waals surface area contributed by atoms with Gasteiger partial charge in [0.15, 0.2) is 5.65 Å². The first-order chi connectivity index (χ1) is 9.22. The fourth-order valence-electron chi connectivity index (χ4n) is 2.33. The second kappa shape index (κ2) is 4.97. The standard InChI is InChI=1S/C13H17N5O/c1-9-4-7-18-11(8-9)15-13(17-18)16-12(19)10-2-5-14-6-3-10/h4,7-8,10,14H,2-3,5-6H2,1H3,(H,16,17,19). The molecule has 2 aromatic heterocycles. The number of carbonyl (C=O) groups excluding carboxylic acids is 1. The fraction of sp³-hybridized carbons (Fsp3) is 0.462.